The zero-order chi connectivity index (χ0) is 30.0. The molecule has 0 saturated heterocycles. The van der Waals surface area contributed by atoms with Crippen LogP contribution in [0.3, 0.4) is 0 Å². The second-order valence-corrected chi connectivity index (χ2v) is 11.5. The molecule has 3 aliphatic rings. The molecular weight excluding hydrogens is 532 g/mol. The number of aromatic carboxylic acids is 1. The van der Waals surface area contributed by atoms with Crippen LogP contribution in [0.2, 0.25) is 0 Å². The van der Waals surface area contributed by atoms with Gasteiger partial charge >= 0.3 is 11.9 Å². The monoisotopic (exact) mass is 566 g/mol. The van der Waals surface area contributed by atoms with Crippen LogP contribution in [-0.4, -0.2) is 49.9 Å². The number of methoxy groups -OCH3 is 1. The fourth-order valence-corrected chi connectivity index (χ4v) is 6.79. The van der Waals surface area contributed by atoms with E-state index >= 15 is 0 Å². The van der Waals surface area contributed by atoms with E-state index in [0.29, 0.717) is 34.3 Å². The topological polar surface area (TPSA) is 138 Å². The lowest BCUT2D eigenvalue weighted by atomic mass is 9.85. The van der Waals surface area contributed by atoms with Gasteiger partial charge in [0.2, 0.25) is 0 Å². The first kappa shape index (κ1) is 27.6. The highest BCUT2D eigenvalue weighted by Gasteiger charge is 2.36. The van der Waals surface area contributed by atoms with Crippen molar-refractivity contribution in [2.24, 2.45) is 0 Å². The predicted octanol–water partition coefficient (Wildman–Crippen LogP) is 6.55. The van der Waals surface area contributed by atoms with E-state index < -0.39 is 5.97 Å². The Kier molecular flexibility index (Phi) is 6.63. The maximum Gasteiger partial charge on any atom is 0.338 e. The molecule has 6 rings (SSSR count). The zero-order valence-electron chi connectivity index (χ0n) is 24.7. The summed E-state index contributed by atoms with van der Waals surface area (Å²) in [6.07, 6.45) is 1.72. The van der Waals surface area contributed by atoms with E-state index in [4.69, 9.17) is 14.7 Å². The molecule has 0 unspecified atom stereocenters. The van der Waals surface area contributed by atoms with Crippen LogP contribution in [0.4, 0.5) is 0 Å². The van der Waals surface area contributed by atoms with Crippen LogP contribution in [-0.2, 0) is 16.0 Å². The minimum absolute atomic E-state index is 0.0429. The second kappa shape index (κ2) is 10.1. The van der Waals surface area contributed by atoms with Crippen molar-refractivity contribution in [3.8, 4) is 0 Å². The third-order valence-corrected chi connectivity index (χ3v) is 9.20. The number of fused-ring (bicyclic) bond motifs is 8. The number of nitrogens with zero attached hydrogens (tertiary/aromatic N) is 2. The summed E-state index contributed by atoms with van der Waals surface area (Å²) in [4.78, 5) is 54.9. The van der Waals surface area contributed by atoms with Gasteiger partial charge in [-0.05, 0) is 74.1 Å². The summed E-state index contributed by atoms with van der Waals surface area (Å²) in [5, 5.41) is 10.2. The van der Waals surface area contributed by atoms with Crippen molar-refractivity contribution >= 4 is 50.9 Å². The number of ketones is 1. The summed E-state index contributed by atoms with van der Waals surface area (Å²) in [6, 6.07) is 5.69. The van der Waals surface area contributed by atoms with Crippen LogP contribution < -0.4 is 0 Å². The van der Waals surface area contributed by atoms with Gasteiger partial charge in [-0.3, -0.25) is 14.6 Å². The summed E-state index contributed by atoms with van der Waals surface area (Å²) in [5.74, 6) is -1.48. The highest BCUT2D eigenvalue weighted by Crippen LogP contribution is 2.44. The van der Waals surface area contributed by atoms with Crippen LogP contribution in [0.15, 0.2) is 18.2 Å². The molecule has 9 nitrogen and oxygen atoms in total. The number of aromatic amines is 2. The number of rotatable bonds is 5. The number of aromatic nitrogens is 4. The maximum absolute atomic E-state index is 13.4. The molecule has 2 aliphatic heterocycles. The Hall–Kier alpha value is -4.53. The van der Waals surface area contributed by atoms with Crippen molar-refractivity contribution in [2.75, 3.05) is 7.11 Å². The van der Waals surface area contributed by atoms with E-state index in [1.54, 1.807) is 13.0 Å². The number of allylic oxidation sites excluding steroid dienone is 2. The van der Waals surface area contributed by atoms with Gasteiger partial charge in [0, 0.05) is 52.5 Å². The number of esters is 1. The summed E-state index contributed by atoms with van der Waals surface area (Å²) in [6.45, 7) is 9.87. The van der Waals surface area contributed by atoms with Gasteiger partial charge in [-0.25, -0.2) is 9.78 Å². The van der Waals surface area contributed by atoms with Gasteiger partial charge < -0.3 is 19.8 Å². The minimum Gasteiger partial charge on any atom is -0.478 e. The summed E-state index contributed by atoms with van der Waals surface area (Å²) in [7, 11) is 1.38. The molecular formula is C33H34N4O5. The minimum atomic E-state index is -1.02. The molecule has 8 bridgehead atoms. The largest absolute Gasteiger partial charge is 0.478 e. The molecule has 0 radical (unpaired) electrons. The Balaban J connectivity index is 1.75. The fraction of sp³-hybridized carbons (Fsp3) is 0.364. The second-order valence-electron chi connectivity index (χ2n) is 11.5. The van der Waals surface area contributed by atoms with Crippen molar-refractivity contribution in [3.63, 3.8) is 0 Å². The summed E-state index contributed by atoms with van der Waals surface area (Å²) >= 11 is 0. The number of carboxylic acids is 1. The first-order valence-electron chi connectivity index (χ1n) is 14.3. The first-order valence-corrected chi connectivity index (χ1v) is 14.3. The van der Waals surface area contributed by atoms with Gasteiger partial charge in [0.1, 0.15) is 0 Å². The Morgan fingerprint density at radius 2 is 1.74 bits per heavy atom. The van der Waals surface area contributed by atoms with Crippen LogP contribution in [0, 0.1) is 13.8 Å². The smallest absolute Gasteiger partial charge is 0.338 e. The van der Waals surface area contributed by atoms with Gasteiger partial charge in [-0.1, -0.05) is 13.8 Å². The van der Waals surface area contributed by atoms with E-state index in [-0.39, 0.29) is 42.0 Å². The molecule has 2 atom stereocenters. The lowest BCUT2D eigenvalue weighted by Crippen LogP contribution is -2.09. The number of carbonyl (C=O) groups excluding carboxylic acids is 2. The van der Waals surface area contributed by atoms with E-state index in [2.05, 4.69) is 23.8 Å². The molecule has 216 valence electrons. The van der Waals surface area contributed by atoms with Crippen molar-refractivity contribution in [2.45, 2.75) is 72.1 Å². The van der Waals surface area contributed by atoms with Crippen LogP contribution >= 0.6 is 0 Å². The lowest BCUT2D eigenvalue weighted by Gasteiger charge is -2.16. The van der Waals surface area contributed by atoms with E-state index in [1.165, 1.54) is 7.11 Å². The predicted molar refractivity (Wildman–Crippen MR) is 161 cm³/mol. The normalized spacial score (nSPS) is 17.7. The van der Waals surface area contributed by atoms with Crippen molar-refractivity contribution in [1.82, 2.24) is 19.9 Å². The molecule has 0 amide bonds. The molecule has 42 heavy (non-hydrogen) atoms. The Morgan fingerprint density at radius 3 is 2.43 bits per heavy atom. The van der Waals surface area contributed by atoms with Gasteiger partial charge in [0.25, 0.3) is 0 Å². The van der Waals surface area contributed by atoms with Gasteiger partial charge in [-0.15, -0.1) is 0 Å². The molecule has 0 spiro atoms. The van der Waals surface area contributed by atoms with Crippen LogP contribution in [0.25, 0.3) is 33.2 Å². The number of hydrogen-bond acceptors (Lipinski definition) is 6. The highest BCUT2D eigenvalue weighted by molar-refractivity contribution is 6.13. The van der Waals surface area contributed by atoms with E-state index in [1.807, 2.05) is 26.0 Å². The molecule has 0 fully saturated rings. The summed E-state index contributed by atoms with van der Waals surface area (Å²) in [5.41, 5.74) is 11.0. The maximum atomic E-state index is 13.4. The summed E-state index contributed by atoms with van der Waals surface area (Å²) < 4.78 is 4.92. The molecule has 9 heteroatoms. The molecule has 0 saturated carbocycles. The number of hydrogen-bond donors (Lipinski definition) is 3. The third kappa shape index (κ3) is 4.18. The fourth-order valence-electron chi connectivity index (χ4n) is 6.79. The average molecular weight is 567 g/mol. The molecule has 3 N–H and O–H groups in total. The number of Topliss-reactive ketones (excluding diaryl/α,β-unsaturated/α-hetero) is 1. The molecule has 1 aliphatic carbocycles. The van der Waals surface area contributed by atoms with Crippen molar-refractivity contribution < 1.29 is 24.2 Å². The number of carboxylic acid groups (broad SMARTS) is 1. The van der Waals surface area contributed by atoms with E-state index in [0.717, 1.165) is 56.8 Å². The van der Waals surface area contributed by atoms with Gasteiger partial charge in [-0.2, -0.15) is 0 Å². The zero-order valence-corrected chi connectivity index (χ0v) is 24.7. The van der Waals surface area contributed by atoms with Crippen molar-refractivity contribution in [1.29, 1.82) is 0 Å². The highest BCUT2D eigenvalue weighted by atomic mass is 16.5. The Bertz CT molecular complexity index is 1910. The Morgan fingerprint density at radius 1 is 1.02 bits per heavy atom. The standard InChI is InChI=1S/C33H34N4O5/c1-7-18-14(2)21-13-26-29(33(40)41)16(4)23(35-26)11-22-15(3)19(8-9-28(39)42-6)31(36-22)20-10-27(38)30-17(5)24(37-32(20)30)12-25(18)34-21/h11-13,15,19,35,37H,7-10H2,1-6H3,(H,40,41)/t15-,19-/m0/s1. The molecule has 3 aromatic heterocycles. The molecule has 5 heterocycles. The SMILES string of the molecule is CCC1=C(C)c2cc3[nH]c(cc4nc(c5c6[nH]c(cc1n2)c(C)c6C(=O)C5)[C@@H](CCC(=O)OC)[C@@H]4C)c(C)c3C(=O)O. The number of ether oxygens (including phenoxy) is 1. The number of carbonyl (C=O) groups is 3. The quantitative estimate of drug-likeness (QED) is 0.298. The number of aryl methyl sites for hydroxylation is 2. The van der Waals surface area contributed by atoms with Crippen LogP contribution in [0.5, 0.6) is 0 Å². The van der Waals surface area contributed by atoms with Crippen molar-refractivity contribution in [3.05, 3.63) is 68.8 Å². The third-order valence-electron chi connectivity index (χ3n) is 9.20. The van der Waals surface area contributed by atoms with E-state index in [9.17, 15) is 19.5 Å². The first-order chi connectivity index (χ1) is 20.0. The van der Waals surface area contributed by atoms with Gasteiger partial charge in [0.05, 0.1) is 40.8 Å². The lowest BCUT2D eigenvalue weighted by molar-refractivity contribution is -0.140. The van der Waals surface area contributed by atoms with Crippen LogP contribution in [0.1, 0.15) is 112 Å². The number of H-pyrrole nitrogens is 2. The number of nitrogens with one attached hydrogen (secondary N) is 2. The molecule has 3 aromatic rings. The van der Waals surface area contributed by atoms with Gasteiger partial charge in [0.15, 0.2) is 5.78 Å². The molecule has 0 aromatic carbocycles. The average Bonchev–Trinajstić information content (AvgIpc) is 3.70. The Labute approximate surface area is 243 Å².